The van der Waals surface area contributed by atoms with E-state index in [1.807, 2.05) is 6.92 Å². The van der Waals surface area contributed by atoms with Gasteiger partial charge in [-0.2, -0.15) is 9.36 Å². The third kappa shape index (κ3) is 5.23. The number of carbonyl (C=O) groups excluding carboxylic acids is 2. The smallest absolute Gasteiger partial charge is 0.352 e. The summed E-state index contributed by atoms with van der Waals surface area (Å²) in [6.45, 7) is 2.36. The molecule has 7 N–H and O–H groups in total. The molecule has 2 aromatic rings. The molecule has 0 bridgehead atoms. The Hall–Kier alpha value is -3.70. The molecular weight excluding hydrogens is 526 g/mol. The number of aliphatic carboxylic acids is 1. The highest BCUT2D eigenvalue weighted by molar-refractivity contribution is 8.00. The number of carboxylic acids is 1. The Morgan fingerprint density at radius 1 is 1.41 bits per heavy atom. The second kappa shape index (κ2) is 11.1. The average molecular weight is 553 g/mol. The summed E-state index contributed by atoms with van der Waals surface area (Å²) in [5.74, 6) is -1.91. The van der Waals surface area contributed by atoms with E-state index in [0.29, 0.717) is 23.6 Å². The quantitative estimate of drug-likeness (QED) is 0.0700. The van der Waals surface area contributed by atoms with Gasteiger partial charge in [-0.3, -0.25) is 14.5 Å². The highest BCUT2D eigenvalue weighted by Crippen LogP contribution is 2.40. The van der Waals surface area contributed by atoms with E-state index in [2.05, 4.69) is 19.8 Å². The molecular formula is C20H26N9O6S2+. The number of carbonyl (C=O) groups is 3. The van der Waals surface area contributed by atoms with Crippen molar-refractivity contribution in [1.29, 1.82) is 0 Å². The van der Waals surface area contributed by atoms with Gasteiger partial charge in [0.05, 0.1) is 12.7 Å². The Morgan fingerprint density at radius 3 is 2.84 bits per heavy atom. The van der Waals surface area contributed by atoms with Gasteiger partial charge in [0.15, 0.2) is 23.7 Å². The van der Waals surface area contributed by atoms with Crippen LogP contribution in [0.25, 0.3) is 0 Å². The van der Waals surface area contributed by atoms with E-state index in [9.17, 15) is 24.6 Å². The summed E-state index contributed by atoms with van der Waals surface area (Å²) in [4.78, 5) is 48.5. The van der Waals surface area contributed by atoms with Gasteiger partial charge in [0.2, 0.25) is 11.5 Å². The lowest BCUT2D eigenvalue weighted by atomic mass is 10.0. The highest BCUT2D eigenvalue weighted by atomic mass is 32.2. The van der Waals surface area contributed by atoms with Crippen LogP contribution in [0.4, 0.5) is 10.9 Å². The van der Waals surface area contributed by atoms with Crippen LogP contribution in [0.1, 0.15) is 19.2 Å². The van der Waals surface area contributed by atoms with Gasteiger partial charge in [-0.25, -0.2) is 4.79 Å². The fourth-order valence-electron chi connectivity index (χ4n) is 3.89. The van der Waals surface area contributed by atoms with Crippen molar-refractivity contribution in [2.75, 3.05) is 30.4 Å². The Bertz CT molecular complexity index is 1270. The van der Waals surface area contributed by atoms with Crippen LogP contribution in [0.3, 0.4) is 0 Å². The fourth-order valence-corrected chi connectivity index (χ4v) is 5.66. The molecule has 37 heavy (non-hydrogen) atoms. The van der Waals surface area contributed by atoms with Gasteiger partial charge in [-0.05, 0) is 6.42 Å². The number of β-lactam (4-membered cyclic amide) rings is 1. The van der Waals surface area contributed by atoms with Gasteiger partial charge in [-0.1, -0.05) is 12.1 Å². The average Bonchev–Trinajstić information content (AvgIpc) is 3.45. The molecule has 0 spiro atoms. The number of hydrogen-bond acceptors (Lipinski definition) is 12. The van der Waals surface area contributed by atoms with E-state index in [4.69, 9.17) is 16.3 Å². The van der Waals surface area contributed by atoms with Gasteiger partial charge >= 0.3 is 5.97 Å². The molecule has 2 aromatic heterocycles. The minimum atomic E-state index is -1.26. The van der Waals surface area contributed by atoms with Gasteiger partial charge in [0.25, 0.3) is 11.8 Å². The topological polar surface area (TPSA) is 215 Å². The Kier molecular flexibility index (Phi) is 7.94. The number of aromatic nitrogens is 4. The molecule has 2 atom stereocenters. The summed E-state index contributed by atoms with van der Waals surface area (Å²) in [6.07, 6.45) is 2.33. The Labute approximate surface area is 218 Å². The van der Waals surface area contributed by atoms with Crippen molar-refractivity contribution in [1.82, 2.24) is 24.3 Å². The summed E-state index contributed by atoms with van der Waals surface area (Å²) in [5.41, 5.74) is 11.7. The number of oxime groups is 1. The first-order valence-electron chi connectivity index (χ1n) is 11.2. The summed E-state index contributed by atoms with van der Waals surface area (Å²) in [6, 6.07) is 0.659. The van der Waals surface area contributed by atoms with E-state index in [0.717, 1.165) is 11.5 Å². The molecule has 1 saturated heterocycles. The monoisotopic (exact) mass is 552 g/mol. The molecule has 2 aliphatic heterocycles. The van der Waals surface area contributed by atoms with Crippen LogP contribution in [-0.4, -0.2) is 83.0 Å². The predicted octanol–water partition coefficient (Wildman–Crippen LogP) is -1.65. The van der Waals surface area contributed by atoms with Crippen LogP contribution in [0.5, 0.6) is 0 Å². The summed E-state index contributed by atoms with van der Waals surface area (Å²) in [5, 5.41) is 25.2. The number of hydrogen-bond donors (Lipinski definition) is 5. The van der Waals surface area contributed by atoms with Crippen LogP contribution in [-0.2, 0) is 32.3 Å². The van der Waals surface area contributed by atoms with Crippen molar-refractivity contribution >= 4 is 57.7 Å². The normalized spacial score (nSPS) is 19.5. The Balaban J connectivity index is 1.53. The molecule has 0 radical (unpaired) electrons. The standard InChI is InChI=1S/C20H25N9O6S2/c1-2-7-35-25-12(15-24-20(22)37-26-15)16(31)23-13-17(32)29-14(19(33)34)10(9-36-18(13)29)8-27-4-3-11(21)28(27)5-6-30/h3-4,13,18,21,30H,2,5-9H2,1H3,(H4,22,23,24,26,31,33,34)/p+1/t13-,18-/m1/s1. The summed E-state index contributed by atoms with van der Waals surface area (Å²) < 4.78 is 7.29. The second-order valence-corrected chi connectivity index (χ2v) is 9.92. The molecule has 15 nitrogen and oxygen atoms in total. The number of amides is 2. The minimum absolute atomic E-state index is 0.0355. The first-order valence-corrected chi connectivity index (χ1v) is 13.0. The third-order valence-electron chi connectivity index (χ3n) is 5.55. The number of aliphatic hydroxyl groups excluding tert-OH is 1. The third-order valence-corrected chi connectivity index (χ3v) is 7.43. The second-order valence-electron chi connectivity index (χ2n) is 8.03. The maximum absolute atomic E-state index is 13.1. The van der Waals surface area contributed by atoms with Gasteiger partial charge in [0.1, 0.15) is 30.3 Å². The number of carboxylic acid groups (broad SMARTS) is 1. The molecule has 2 amide bonds. The predicted molar refractivity (Wildman–Crippen MR) is 133 cm³/mol. The lowest BCUT2D eigenvalue weighted by Gasteiger charge is -2.49. The number of anilines is 2. The number of thioether (sulfide) groups is 1. The number of aliphatic hydroxyl groups is 1. The first kappa shape index (κ1) is 26.4. The number of nitrogens with zero attached hydrogens (tertiary/aromatic N) is 6. The molecule has 0 saturated carbocycles. The van der Waals surface area contributed by atoms with E-state index >= 15 is 0 Å². The maximum atomic E-state index is 13.1. The Morgan fingerprint density at radius 2 is 2.19 bits per heavy atom. The zero-order chi connectivity index (χ0) is 26.7. The molecule has 0 aromatic carbocycles. The van der Waals surface area contributed by atoms with Crippen LogP contribution in [0.2, 0.25) is 0 Å². The van der Waals surface area contributed by atoms with Gasteiger partial charge in [-0.15, -0.1) is 21.1 Å². The van der Waals surface area contributed by atoms with E-state index in [-0.39, 0.29) is 48.7 Å². The fraction of sp³-hybridized carbons (Fsp3) is 0.450. The number of rotatable bonds is 11. The SMILES string of the molecule is CCCON=C(C(=O)N[C@@H]1C(=O)N2C(C(=O)O)=C(C[n+]3ccc(N)n3CCO)CS[C@H]12)c1nsc(N)n1. The lowest BCUT2D eigenvalue weighted by molar-refractivity contribution is -0.767. The number of nitrogens with two attached hydrogens (primary N) is 2. The molecule has 4 heterocycles. The van der Waals surface area contributed by atoms with Crippen molar-refractivity contribution in [2.24, 2.45) is 5.16 Å². The van der Waals surface area contributed by atoms with Gasteiger partial charge in [0, 0.05) is 22.9 Å². The van der Waals surface area contributed by atoms with E-state index in [1.165, 1.54) is 16.7 Å². The summed E-state index contributed by atoms with van der Waals surface area (Å²) >= 11 is 2.20. The zero-order valence-corrected chi connectivity index (χ0v) is 21.4. The molecule has 4 rings (SSSR count). The van der Waals surface area contributed by atoms with Crippen LogP contribution < -0.4 is 21.5 Å². The highest BCUT2D eigenvalue weighted by Gasteiger charge is 2.55. The molecule has 1 fully saturated rings. The molecule has 0 aliphatic carbocycles. The minimum Gasteiger partial charge on any atom is -0.477 e. The number of fused-ring (bicyclic) bond motifs is 1. The van der Waals surface area contributed by atoms with Crippen molar-refractivity contribution in [2.45, 2.75) is 37.8 Å². The van der Waals surface area contributed by atoms with Crippen LogP contribution in [0, 0.1) is 0 Å². The van der Waals surface area contributed by atoms with Crippen molar-refractivity contribution < 1.29 is 34.1 Å². The van der Waals surface area contributed by atoms with E-state index in [1.54, 1.807) is 21.6 Å². The molecule has 2 aliphatic rings. The molecule has 17 heteroatoms. The van der Waals surface area contributed by atoms with Crippen molar-refractivity contribution in [3.05, 3.63) is 29.4 Å². The lowest BCUT2D eigenvalue weighted by Crippen LogP contribution is -2.71. The number of nitrogen functional groups attached to an aromatic ring is 2. The van der Waals surface area contributed by atoms with Crippen LogP contribution in [0.15, 0.2) is 28.7 Å². The maximum Gasteiger partial charge on any atom is 0.352 e. The van der Waals surface area contributed by atoms with E-state index < -0.39 is 29.2 Å². The van der Waals surface area contributed by atoms with Crippen LogP contribution >= 0.6 is 23.3 Å². The molecule has 198 valence electrons. The van der Waals surface area contributed by atoms with Gasteiger partial charge < -0.3 is 31.8 Å². The largest absolute Gasteiger partial charge is 0.477 e. The number of nitrogens with one attached hydrogen (secondary N) is 1. The summed E-state index contributed by atoms with van der Waals surface area (Å²) in [7, 11) is 0. The van der Waals surface area contributed by atoms with Crippen molar-refractivity contribution in [3.63, 3.8) is 0 Å². The zero-order valence-electron chi connectivity index (χ0n) is 19.7. The van der Waals surface area contributed by atoms with Crippen molar-refractivity contribution in [3.8, 4) is 0 Å². The molecule has 0 unspecified atom stereocenters. The first-order chi connectivity index (χ1) is 17.8.